The Kier molecular flexibility index (Phi) is 4.88. The van der Waals surface area contributed by atoms with Gasteiger partial charge in [-0.1, -0.05) is 36.4 Å². The quantitative estimate of drug-likeness (QED) is 0.645. The molecule has 3 rings (SSSR count). The van der Waals surface area contributed by atoms with Crippen molar-refractivity contribution in [3.63, 3.8) is 0 Å². The van der Waals surface area contributed by atoms with Gasteiger partial charge in [0.05, 0.1) is 12.1 Å². The third-order valence-corrected chi connectivity index (χ3v) is 4.30. The fourth-order valence-corrected chi connectivity index (χ4v) is 2.85. The third kappa shape index (κ3) is 3.87. The first-order chi connectivity index (χ1) is 11.2. The highest BCUT2D eigenvalue weighted by atomic mass is 32.1. The molecule has 2 aromatic carbocycles. The Balaban J connectivity index is 1.59. The number of hydrogen-bond donors (Lipinski definition) is 0. The van der Waals surface area contributed by atoms with Gasteiger partial charge in [0.1, 0.15) is 5.75 Å². The molecule has 1 heterocycles. The summed E-state index contributed by atoms with van der Waals surface area (Å²) in [5.41, 5.74) is 1.77. The van der Waals surface area contributed by atoms with Crippen molar-refractivity contribution in [3.05, 3.63) is 59.0 Å². The number of nitrogens with zero attached hydrogens (tertiary/aromatic N) is 1. The predicted molar refractivity (Wildman–Crippen MR) is 90.8 cm³/mol. The van der Waals surface area contributed by atoms with Crippen molar-refractivity contribution < 1.29 is 14.3 Å². The van der Waals surface area contributed by atoms with E-state index >= 15 is 0 Å². The molecule has 0 aliphatic rings. The van der Waals surface area contributed by atoms with Gasteiger partial charge in [-0.15, -0.1) is 11.3 Å². The molecule has 1 unspecified atom stereocenters. The summed E-state index contributed by atoms with van der Waals surface area (Å²) >= 11 is 1.55. The molecule has 0 bridgehead atoms. The van der Waals surface area contributed by atoms with Crippen molar-refractivity contribution in [3.8, 4) is 5.75 Å². The first-order valence-corrected chi connectivity index (χ1v) is 8.30. The van der Waals surface area contributed by atoms with Crippen LogP contribution in [0.2, 0.25) is 0 Å². The van der Waals surface area contributed by atoms with E-state index in [2.05, 4.69) is 4.98 Å². The van der Waals surface area contributed by atoms with Gasteiger partial charge in [-0.3, -0.25) is 4.98 Å². The summed E-state index contributed by atoms with van der Waals surface area (Å²) in [6.07, 6.45) is 1.81. The van der Waals surface area contributed by atoms with E-state index in [0.717, 1.165) is 15.6 Å². The van der Waals surface area contributed by atoms with E-state index in [1.807, 2.05) is 42.5 Å². The first kappa shape index (κ1) is 15.5. The topological polar surface area (TPSA) is 48.4 Å². The molecule has 0 saturated carbocycles. The standard InChI is InChI=1S/C18H17NO3S/c1-13(18(20)21-10-9-15-11-19-12-23-15)22-17-8-4-6-14-5-2-3-7-16(14)17/h2-8,11-13H,9-10H2,1H3. The zero-order valence-electron chi connectivity index (χ0n) is 12.8. The summed E-state index contributed by atoms with van der Waals surface area (Å²) in [6, 6.07) is 13.7. The van der Waals surface area contributed by atoms with Crippen molar-refractivity contribution in [1.82, 2.24) is 4.98 Å². The summed E-state index contributed by atoms with van der Waals surface area (Å²) in [5.74, 6) is 0.331. The van der Waals surface area contributed by atoms with E-state index in [0.29, 0.717) is 18.8 Å². The van der Waals surface area contributed by atoms with E-state index < -0.39 is 6.10 Å². The Labute approximate surface area is 138 Å². The van der Waals surface area contributed by atoms with Crippen molar-refractivity contribution in [2.24, 2.45) is 0 Å². The van der Waals surface area contributed by atoms with E-state index in [9.17, 15) is 4.79 Å². The zero-order chi connectivity index (χ0) is 16.1. The van der Waals surface area contributed by atoms with Crippen LogP contribution in [0.5, 0.6) is 5.75 Å². The van der Waals surface area contributed by atoms with Crippen molar-refractivity contribution >= 4 is 28.1 Å². The number of hydrogen-bond acceptors (Lipinski definition) is 5. The van der Waals surface area contributed by atoms with Gasteiger partial charge in [-0.05, 0) is 18.4 Å². The lowest BCUT2D eigenvalue weighted by Gasteiger charge is -2.15. The third-order valence-electron chi connectivity index (χ3n) is 3.46. The molecule has 1 aromatic heterocycles. The number of aromatic nitrogens is 1. The number of fused-ring (bicyclic) bond motifs is 1. The van der Waals surface area contributed by atoms with Crippen LogP contribution in [0, 0.1) is 0 Å². The summed E-state index contributed by atoms with van der Waals surface area (Å²) in [5, 5.41) is 2.06. The molecule has 0 N–H and O–H groups in total. The summed E-state index contributed by atoms with van der Waals surface area (Å²) in [7, 11) is 0. The Hall–Kier alpha value is -2.40. The lowest BCUT2D eigenvalue weighted by molar-refractivity contribution is -0.150. The highest BCUT2D eigenvalue weighted by Gasteiger charge is 2.17. The maximum atomic E-state index is 12.1. The van der Waals surface area contributed by atoms with Gasteiger partial charge < -0.3 is 9.47 Å². The molecular formula is C18H17NO3S. The fraction of sp³-hybridized carbons (Fsp3) is 0.222. The Morgan fingerprint density at radius 2 is 2.04 bits per heavy atom. The van der Waals surface area contributed by atoms with Gasteiger partial charge in [-0.2, -0.15) is 0 Å². The van der Waals surface area contributed by atoms with E-state index in [1.165, 1.54) is 0 Å². The number of carbonyl (C=O) groups is 1. The van der Waals surface area contributed by atoms with E-state index in [1.54, 1.807) is 30.0 Å². The minimum atomic E-state index is -0.651. The molecule has 3 aromatic rings. The van der Waals surface area contributed by atoms with Crippen LogP contribution in [0.3, 0.4) is 0 Å². The van der Waals surface area contributed by atoms with Crippen LogP contribution >= 0.6 is 11.3 Å². The molecule has 0 saturated heterocycles. The van der Waals surface area contributed by atoms with Gasteiger partial charge in [0.2, 0.25) is 0 Å². The van der Waals surface area contributed by atoms with Crippen LogP contribution in [-0.4, -0.2) is 23.7 Å². The van der Waals surface area contributed by atoms with Gasteiger partial charge in [0.25, 0.3) is 0 Å². The van der Waals surface area contributed by atoms with Crippen LogP contribution in [-0.2, 0) is 16.0 Å². The second kappa shape index (κ2) is 7.24. The molecule has 5 heteroatoms. The largest absolute Gasteiger partial charge is 0.478 e. The minimum Gasteiger partial charge on any atom is -0.478 e. The molecule has 0 fully saturated rings. The Morgan fingerprint density at radius 1 is 1.22 bits per heavy atom. The highest BCUT2D eigenvalue weighted by Crippen LogP contribution is 2.26. The van der Waals surface area contributed by atoms with Gasteiger partial charge >= 0.3 is 5.97 Å². The van der Waals surface area contributed by atoms with Crippen molar-refractivity contribution in [2.75, 3.05) is 6.61 Å². The summed E-state index contributed by atoms with van der Waals surface area (Å²) in [6.45, 7) is 2.04. The maximum Gasteiger partial charge on any atom is 0.347 e. The SMILES string of the molecule is CC(Oc1cccc2ccccc12)C(=O)OCCc1cncs1. The number of ether oxygens (including phenoxy) is 2. The van der Waals surface area contributed by atoms with Crippen molar-refractivity contribution in [2.45, 2.75) is 19.4 Å². The first-order valence-electron chi connectivity index (χ1n) is 7.42. The molecule has 118 valence electrons. The number of carbonyl (C=O) groups excluding carboxylic acids is 1. The lowest BCUT2D eigenvalue weighted by atomic mass is 10.1. The van der Waals surface area contributed by atoms with Crippen molar-refractivity contribution in [1.29, 1.82) is 0 Å². The predicted octanol–water partition coefficient (Wildman–Crippen LogP) is 3.85. The summed E-state index contributed by atoms with van der Waals surface area (Å²) < 4.78 is 11.1. The van der Waals surface area contributed by atoms with Gasteiger partial charge in [-0.25, -0.2) is 4.79 Å². The minimum absolute atomic E-state index is 0.338. The number of esters is 1. The van der Waals surface area contributed by atoms with E-state index in [4.69, 9.17) is 9.47 Å². The lowest BCUT2D eigenvalue weighted by Crippen LogP contribution is -2.26. The average molecular weight is 327 g/mol. The molecule has 23 heavy (non-hydrogen) atoms. The van der Waals surface area contributed by atoms with Crippen LogP contribution in [0.25, 0.3) is 10.8 Å². The molecule has 0 radical (unpaired) electrons. The van der Waals surface area contributed by atoms with Crippen LogP contribution < -0.4 is 4.74 Å². The molecule has 4 nitrogen and oxygen atoms in total. The van der Waals surface area contributed by atoms with Gasteiger partial charge in [0, 0.05) is 22.9 Å². The van der Waals surface area contributed by atoms with Crippen LogP contribution in [0.4, 0.5) is 0 Å². The second-order valence-electron chi connectivity index (χ2n) is 5.12. The molecule has 0 amide bonds. The normalized spacial score (nSPS) is 12.0. The highest BCUT2D eigenvalue weighted by molar-refractivity contribution is 7.09. The number of benzene rings is 2. The summed E-state index contributed by atoms with van der Waals surface area (Å²) in [4.78, 5) is 17.1. The Bertz CT molecular complexity index is 781. The number of rotatable bonds is 6. The molecule has 0 aliphatic heterocycles. The van der Waals surface area contributed by atoms with Crippen LogP contribution in [0.15, 0.2) is 54.2 Å². The average Bonchev–Trinajstić information content (AvgIpc) is 3.08. The fourth-order valence-electron chi connectivity index (χ4n) is 2.27. The molecule has 0 spiro atoms. The molecule has 1 atom stereocenters. The Morgan fingerprint density at radius 3 is 2.87 bits per heavy atom. The second-order valence-corrected chi connectivity index (χ2v) is 6.09. The zero-order valence-corrected chi connectivity index (χ0v) is 13.6. The number of thiazole rings is 1. The maximum absolute atomic E-state index is 12.1. The van der Waals surface area contributed by atoms with Gasteiger partial charge in [0.15, 0.2) is 6.10 Å². The molecule has 0 aliphatic carbocycles. The smallest absolute Gasteiger partial charge is 0.347 e. The monoisotopic (exact) mass is 327 g/mol. The van der Waals surface area contributed by atoms with E-state index in [-0.39, 0.29) is 5.97 Å². The molecular weight excluding hydrogens is 310 g/mol. The van der Waals surface area contributed by atoms with Crippen LogP contribution in [0.1, 0.15) is 11.8 Å².